The van der Waals surface area contributed by atoms with Crippen LogP contribution in [0, 0.1) is 0 Å². The molecule has 2 unspecified atom stereocenters. The standard InChI is InChI=1S/C15H19N3O3/c1-9-5-3-6-10(2)17(9)18-13-11(14(19)20)7-4-8-12(13)16-15(18)21/h4,7-10H,3,5-6H2,1-2H3,(H,16,21)(H,19,20). The number of nitrogens with zero attached hydrogens (tertiary/aromatic N) is 2. The summed E-state index contributed by atoms with van der Waals surface area (Å²) in [5.74, 6) is -1.02. The quantitative estimate of drug-likeness (QED) is 0.885. The van der Waals surface area contributed by atoms with Gasteiger partial charge in [0.15, 0.2) is 0 Å². The fraction of sp³-hybridized carbons (Fsp3) is 0.467. The van der Waals surface area contributed by atoms with Gasteiger partial charge in [0.2, 0.25) is 0 Å². The zero-order valence-electron chi connectivity index (χ0n) is 12.2. The van der Waals surface area contributed by atoms with E-state index < -0.39 is 5.97 Å². The molecule has 0 radical (unpaired) electrons. The molecular formula is C15H19N3O3. The maximum atomic E-state index is 12.4. The van der Waals surface area contributed by atoms with E-state index in [9.17, 15) is 14.7 Å². The zero-order valence-corrected chi connectivity index (χ0v) is 12.2. The van der Waals surface area contributed by atoms with Crippen molar-refractivity contribution in [1.29, 1.82) is 0 Å². The summed E-state index contributed by atoms with van der Waals surface area (Å²) >= 11 is 0. The summed E-state index contributed by atoms with van der Waals surface area (Å²) in [5.41, 5.74) is 0.885. The summed E-state index contributed by atoms with van der Waals surface area (Å²) in [6.45, 7) is 4.15. The molecule has 2 atom stereocenters. The van der Waals surface area contributed by atoms with Gasteiger partial charge in [-0.25, -0.2) is 14.3 Å². The molecule has 2 aromatic rings. The Morgan fingerprint density at radius 2 is 1.95 bits per heavy atom. The molecule has 0 spiro atoms. The van der Waals surface area contributed by atoms with Gasteiger partial charge < -0.3 is 15.1 Å². The lowest BCUT2D eigenvalue weighted by Crippen LogP contribution is -2.54. The van der Waals surface area contributed by atoms with Crippen molar-refractivity contribution in [2.24, 2.45) is 0 Å². The van der Waals surface area contributed by atoms with Crippen molar-refractivity contribution in [3.05, 3.63) is 34.2 Å². The van der Waals surface area contributed by atoms with Crippen LogP contribution in [-0.2, 0) is 0 Å². The average molecular weight is 289 g/mol. The number of aromatic nitrogens is 2. The normalized spacial score (nSPS) is 22.7. The lowest BCUT2D eigenvalue weighted by atomic mass is 10.00. The Morgan fingerprint density at radius 1 is 1.29 bits per heavy atom. The largest absolute Gasteiger partial charge is 0.478 e. The second-order valence-corrected chi connectivity index (χ2v) is 5.76. The predicted molar refractivity (Wildman–Crippen MR) is 80.5 cm³/mol. The number of rotatable bonds is 2. The fourth-order valence-corrected chi connectivity index (χ4v) is 3.34. The monoisotopic (exact) mass is 289 g/mol. The molecule has 1 aromatic heterocycles. The van der Waals surface area contributed by atoms with Crippen LogP contribution in [0.1, 0.15) is 43.5 Å². The van der Waals surface area contributed by atoms with E-state index in [4.69, 9.17) is 0 Å². The third-order valence-electron chi connectivity index (χ3n) is 4.29. The lowest BCUT2D eigenvalue weighted by Gasteiger charge is -2.40. The molecule has 112 valence electrons. The van der Waals surface area contributed by atoms with Gasteiger partial charge in [-0.05, 0) is 45.2 Å². The summed E-state index contributed by atoms with van der Waals surface area (Å²) in [7, 11) is 0. The number of benzene rings is 1. The molecule has 0 aliphatic carbocycles. The highest BCUT2D eigenvalue weighted by atomic mass is 16.4. The van der Waals surface area contributed by atoms with Gasteiger partial charge in [0.1, 0.15) is 5.52 Å². The van der Waals surface area contributed by atoms with Crippen LogP contribution in [0.3, 0.4) is 0 Å². The number of hydrogen-bond donors (Lipinski definition) is 2. The molecule has 6 heteroatoms. The molecular weight excluding hydrogens is 270 g/mol. The van der Waals surface area contributed by atoms with Crippen LogP contribution in [-0.4, -0.2) is 32.8 Å². The molecule has 0 bridgehead atoms. The van der Waals surface area contributed by atoms with Crippen molar-refractivity contribution in [3.8, 4) is 0 Å². The van der Waals surface area contributed by atoms with Crippen molar-refractivity contribution in [2.45, 2.75) is 45.2 Å². The van der Waals surface area contributed by atoms with Gasteiger partial charge in [0.05, 0.1) is 11.1 Å². The van der Waals surface area contributed by atoms with Crippen LogP contribution < -0.4 is 10.7 Å². The second kappa shape index (κ2) is 4.95. The highest BCUT2D eigenvalue weighted by molar-refractivity contribution is 6.01. The third kappa shape index (κ3) is 2.11. The Hall–Kier alpha value is -2.24. The average Bonchev–Trinajstić information content (AvgIpc) is 2.75. The number of carboxylic acids is 1. The van der Waals surface area contributed by atoms with Crippen molar-refractivity contribution in [1.82, 2.24) is 9.66 Å². The van der Waals surface area contributed by atoms with Gasteiger partial charge in [-0.1, -0.05) is 6.07 Å². The highest BCUT2D eigenvalue weighted by Crippen LogP contribution is 2.24. The van der Waals surface area contributed by atoms with E-state index in [2.05, 4.69) is 18.8 Å². The van der Waals surface area contributed by atoms with E-state index in [0.717, 1.165) is 19.3 Å². The highest BCUT2D eigenvalue weighted by Gasteiger charge is 2.29. The Morgan fingerprint density at radius 3 is 2.57 bits per heavy atom. The molecule has 0 amide bonds. The number of carbonyl (C=O) groups is 1. The number of aromatic carboxylic acids is 1. The SMILES string of the molecule is CC1CCCC(C)N1n1c(=O)[nH]c2cccc(C(=O)O)c21. The van der Waals surface area contributed by atoms with E-state index in [-0.39, 0.29) is 23.3 Å². The molecule has 21 heavy (non-hydrogen) atoms. The fourth-order valence-electron chi connectivity index (χ4n) is 3.34. The first-order valence-corrected chi connectivity index (χ1v) is 7.26. The first-order valence-electron chi connectivity index (χ1n) is 7.26. The minimum atomic E-state index is -1.02. The second-order valence-electron chi connectivity index (χ2n) is 5.76. The Labute approximate surface area is 122 Å². The lowest BCUT2D eigenvalue weighted by molar-refractivity contribution is 0.0698. The third-order valence-corrected chi connectivity index (χ3v) is 4.29. The molecule has 1 aliphatic rings. The van der Waals surface area contributed by atoms with E-state index in [1.54, 1.807) is 12.1 Å². The van der Waals surface area contributed by atoms with E-state index in [0.29, 0.717) is 11.0 Å². The summed E-state index contributed by atoms with van der Waals surface area (Å²) in [4.78, 5) is 26.6. The summed E-state index contributed by atoms with van der Waals surface area (Å²) < 4.78 is 1.52. The van der Waals surface area contributed by atoms with Gasteiger partial charge in [-0.15, -0.1) is 0 Å². The van der Waals surface area contributed by atoms with Crippen molar-refractivity contribution in [2.75, 3.05) is 5.01 Å². The van der Waals surface area contributed by atoms with E-state index in [1.807, 2.05) is 5.01 Å². The van der Waals surface area contributed by atoms with Crippen LogP contribution in [0.4, 0.5) is 0 Å². The van der Waals surface area contributed by atoms with Crippen LogP contribution in [0.2, 0.25) is 0 Å². The first kappa shape index (κ1) is 13.7. The number of imidazole rings is 1. The first-order chi connectivity index (χ1) is 10.0. The number of H-pyrrole nitrogens is 1. The molecule has 1 fully saturated rings. The number of hydrogen-bond acceptors (Lipinski definition) is 3. The minimum Gasteiger partial charge on any atom is -0.478 e. The number of para-hydroxylation sites is 1. The number of aromatic amines is 1. The number of piperidine rings is 1. The molecule has 2 heterocycles. The molecule has 1 aromatic carbocycles. The molecule has 1 saturated heterocycles. The minimum absolute atomic E-state index is 0.149. The molecule has 1 aliphatic heterocycles. The van der Waals surface area contributed by atoms with Gasteiger partial charge in [0, 0.05) is 12.1 Å². The smallest absolute Gasteiger partial charge is 0.345 e. The number of fused-ring (bicyclic) bond motifs is 1. The molecule has 6 nitrogen and oxygen atoms in total. The van der Waals surface area contributed by atoms with E-state index >= 15 is 0 Å². The summed E-state index contributed by atoms with van der Waals surface area (Å²) in [6.07, 6.45) is 3.12. The summed E-state index contributed by atoms with van der Waals surface area (Å²) in [6, 6.07) is 5.32. The molecule has 2 N–H and O–H groups in total. The van der Waals surface area contributed by atoms with Gasteiger partial charge in [-0.2, -0.15) is 0 Å². The number of nitrogens with one attached hydrogen (secondary N) is 1. The van der Waals surface area contributed by atoms with Gasteiger partial charge in [-0.3, -0.25) is 0 Å². The van der Waals surface area contributed by atoms with Gasteiger partial charge >= 0.3 is 11.7 Å². The van der Waals surface area contributed by atoms with Crippen LogP contribution in [0.25, 0.3) is 11.0 Å². The molecule has 0 saturated carbocycles. The zero-order chi connectivity index (χ0) is 15.1. The predicted octanol–water partition coefficient (Wildman–Crippen LogP) is 1.93. The van der Waals surface area contributed by atoms with Crippen LogP contribution in [0.5, 0.6) is 0 Å². The van der Waals surface area contributed by atoms with Crippen molar-refractivity contribution in [3.63, 3.8) is 0 Å². The number of carboxylic acid groups (broad SMARTS) is 1. The van der Waals surface area contributed by atoms with Gasteiger partial charge in [0.25, 0.3) is 0 Å². The Kier molecular flexibility index (Phi) is 3.23. The molecule has 3 rings (SSSR count). The Balaban J connectivity index is 2.29. The van der Waals surface area contributed by atoms with E-state index in [1.165, 1.54) is 10.7 Å². The van der Waals surface area contributed by atoms with Crippen molar-refractivity contribution < 1.29 is 9.90 Å². The topological polar surface area (TPSA) is 78.3 Å². The van der Waals surface area contributed by atoms with Crippen molar-refractivity contribution >= 4 is 17.0 Å². The maximum absolute atomic E-state index is 12.4. The maximum Gasteiger partial charge on any atom is 0.345 e. The van der Waals surface area contributed by atoms with Crippen LogP contribution >= 0.6 is 0 Å². The van der Waals surface area contributed by atoms with Crippen LogP contribution in [0.15, 0.2) is 23.0 Å². The summed E-state index contributed by atoms with van der Waals surface area (Å²) in [5, 5.41) is 11.4. The Bertz CT molecular complexity index is 736.